The lowest BCUT2D eigenvalue weighted by Crippen LogP contribution is -2.59. The summed E-state index contributed by atoms with van der Waals surface area (Å²) in [6, 6.07) is 11.4. The highest BCUT2D eigenvalue weighted by atomic mass is 32.2. The Labute approximate surface area is 160 Å². The minimum atomic E-state index is -4.04. The summed E-state index contributed by atoms with van der Waals surface area (Å²) in [6.07, 6.45) is 0.798. The van der Waals surface area contributed by atoms with Crippen LogP contribution in [-0.2, 0) is 14.8 Å². The molecule has 2 aliphatic heterocycles. The molecule has 0 spiro atoms. The SMILES string of the molecule is O=CCCN1c2ccccc2C(=O)C(C2=NS(=O)(=O)c3ccccc3N2)N1O. The van der Waals surface area contributed by atoms with Crippen LogP contribution in [0.2, 0.25) is 0 Å². The van der Waals surface area contributed by atoms with Crippen LogP contribution in [0.4, 0.5) is 11.4 Å². The van der Waals surface area contributed by atoms with E-state index in [1.807, 2.05) is 0 Å². The topological polar surface area (TPSA) is 119 Å². The molecule has 0 saturated heterocycles. The van der Waals surface area contributed by atoms with E-state index in [1.165, 1.54) is 11.1 Å². The van der Waals surface area contributed by atoms with Crippen molar-refractivity contribution in [1.29, 1.82) is 0 Å². The first-order valence-electron chi connectivity index (χ1n) is 8.47. The number of carbonyl (C=O) groups is 2. The van der Waals surface area contributed by atoms with Crippen LogP contribution in [0.3, 0.4) is 0 Å². The zero-order chi connectivity index (χ0) is 19.9. The van der Waals surface area contributed by atoms with Crippen LogP contribution in [0.1, 0.15) is 16.8 Å². The largest absolute Gasteiger partial charge is 0.340 e. The first-order chi connectivity index (χ1) is 13.4. The molecule has 0 amide bonds. The zero-order valence-electron chi connectivity index (χ0n) is 14.5. The molecule has 2 N–H and O–H groups in total. The number of benzene rings is 2. The number of anilines is 2. The predicted octanol–water partition coefficient (Wildman–Crippen LogP) is 1.47. The van der Waals surface area contributed by atoms with Crippen molar-refractivity contribution in [3.63, 3.8) is 0 Å². The standard InChI is InChI=1S/C18H16N4O5S/c23-11-5-10-21-14-8-3-1-6-12(14)17(24)16(22(21)25)18-19-13-7-2-4-9-15(13)28(26,27)20-18/h1-4,6-9,11,16,25H,5,10H2,(H,19,20). The fraction of sp³-hybridized carbons (Fsp3) is 0.167. The molecular formula is C18H16N4O5S. The number of nitrogens with one attached hydrogen (secondary N) is 1. The molecule has 0 aliphatic carbocycles. The third kappa shape index (κ3) is 2.87. The number of fused-ring (bicyclic) bond motifs is 2. The fourth-order valence-corrected chi connectivity index (χ4v) is 4.44. The zero-order valence-corrected chi connectivity index (χ0v) is 15.3. The molecule has 2 heterocycles. The van der Waals surface area contributed by atoms with Crippen molar-refractivity contribution in [3.8, 4) is 0 Å². The summed E-state index contributed by atoms with van der Waals surface area (Å²) < 4.78 is 28.8. The van der Waals surface area contributed by atoms with Gasteiger partial charge in [-0.05, 0) is 24.3 Å². The van der Waals surface area contributed by atoms with Crippen LogP contribution < -0.4 is 10.3 Å². The third-order valence-electron chi connectivity index (χ3n) is 4.54. The Kier molecular flexibility index (Phi) is 4.46. The minimum Gasteiger partial charge on any atom is -0.340 e. The summed E-state index contributed by atoms with van der Waals surface area (Å²) in [7, 11) is -4.04. The number of Topliss-reactive ketones (excluding diaryl/α,β-unsaturated/α-hetero) is 1. The van der Waals surface area contributed by atoms with Crippen molar-refractivity contribution < 1.29 is 23.2 Å². The van der Waals surface area contributed by atoms with Crippen LogP contribution in [0.15, 0.2) is 57.8 Å². The predicted molar refractivity (Wildman–Crippen MR) is 101 cm³/mol. The van der Waals surface area contributed by atoms with Crippen molar-refractivity contribution in [3.05, 3.63) is 54.1 Å². The second-order valence-corrected chi connectivity index (χ2v) is 7.83. The summed E-state index contributed by atoms with van der Waals surface area (Å²) in [6.45, 7) is 0.109. The lowest BCUT2D eigenvalue weighted by atomic mass is 9.98. The van der Waals surface area contributed by atoms with Crippen molar-refractivity contribution >= 4 is 39.3 Å². The van der Waals surface area contributed by atoms with Crippen LogP contribution >= 0.6 is 0 Å². The normalized spacial score (nSPS) is 20.6. The number of hydrogen-bond acceptors (Lipinski definition) is 8. The van der Waals surface area contributed by atoms with Gasteiger partial charge in [0.15, 0.2) is 11.8 Å². The van der Waals surface area contributed by atoms with E-state index < -0.39 is 21.8 Å². The summed E-state index contributed by atoms with van der Waals surface area (Å²) >= 11 is 0. The first kappa shape index (κ1) is 18.3. The Morgan fingerprint density at radius 2 is 1.86 bits per heavy atom. The molecule has 0 fully saturated rings. The number of nitrogens with zero attached hydrogens (tertiary/aromatic N) is 3. The van der Waals surface area contributed by atoms with E-state index in [1.54, 1.807) is 42.5 Å². The Morgan fingerprint density at radius 3 is 2.64 bits per heavy atom. The van der Waals surface area contributed by atoms with Gasteiger partial charge in [-0.25, -0.2) is 0 Å². The quantitative estimate of drug-likeness (QED) is 0.741. The van der Waals surface area contributed by atoms with Crippen molar-refractivity contribution in [2.75, 3.05) is 16.9 Å². The minimum absolute atomic E-state index is 0.00953. The van der Waals surface area contributed by atoms with Crippen LogP contribution in [0.5, 0.6) is 0 Å². The molecule has 0 aromatic heterocycles. The number of hydroxylamine groups is 1. The highest BCUT2D eigenvalue weighted by Crippen LogP contribution is 2.33. The van der Waals surface area contributed by atoms with Crippen molar-refractivity contribution in [2.24, 2.45) is 4.40 Å². The summed E-state index contributed by atoms with van der Waals surface area (Å²) in [5.74, 6) is -0.724. The monoisotopic (exact) mass is 400 g/mol. The van der Waals surface area contributed by atoms with E-state index in [-0.39, 0.29) is 29.4 Å². The van der Waals surface area contributed by atoms with E-state index in [9.17, 15) is 23.2 Å². The molecule has 1 unspecified atom stereocenters. The number of aldehydes is 1. The molecular weight excluding hydrogens is 384 g/mol. The number of sulfonamides is 1. The Balaban J connectivity index is 1.81. The van der Waals surface area contributed by atoms with Gasteiger partial charge in [-0.3, -0.25) is 15.0 Å². The smallest absolute Gasteiger partial charge is 0.286 e. The lowest BCUT2D eigenvalue weighted by Gasteiger charge is -2.41. The van der Waals surface area contributed by atoms with Gasteiger partial charge in [0.25, 0.3) is 10.0 Å². The average molecular weight is 400 g/mol. The van der Waals surface area contributed by atoms with Gasteiger partial charge >= 0.3 is 0 Å². The summed E-state index contributed by atoms with van der Waals surface area (Å²) in [5.41, 5.74) is 0.990. The maximum absolute atomic E-state index is 13.1. The number of carbonyl (C=O) groups excluding carboxylic acids is 2. The van der Waals surface area contributed by atoms with Gasteiger partial charge in [0.1, 0.15) is 17.0 Å². The van der Waals surface area contributed by atoms with Gasteiger partial charge in [0.05, 0.1) is 11.4 Å². The lowest BCUT2D eigenvalue weighted by molar-refractivity contribution is -0.115. The summed E-state index contributed by atoms with van der Waals surface area (Å²) in [5, 5.41) is 15.6. The third-order valence-corrected chi connectivity index (χ3v) is 5.89. The number of para-hydroxylation sites is 2. The number of rotatable bonds is 4. The average Bonchev–Trinajstić information content (AvgIpc) is 2.68. The molecule has 0 radical (unpaired) electrons. The molecule has 28 heavy (non-hydrogen) atoms. The van der Waals surface area contributed by atoms with Gasteiger partial charge in [0, 0.05) is 18.5 Å². The van der Waals surface area contributed by atoms with Crippen LogP contribution in [-0.4, -0.2) is 49.3 Å². The van der Waals surface area contributed by atoms with Gasteiger partial charge in [-0.2, -0.15) is 8.42 Å². The van der Waals surface area contributed by atoms with E-state index in [2.05, 4.69) is 9.71 Å². The van der Waals surface area contributed by atoms with E-state index in [0.29, 0.717) is 22.7 Å². The fourth-order valence-electron chi connectivity index (χ4n) is 3.29. The van der Waals surface area contributed by atoms with E-state index in [0.717, 1.165) is 0 Å². The Morgan fingerprint density at radius 1 is 1.14 bits per heavy atom. The molecule has 2 aromatic rings. The van der Waals surface area contributed by atoms with Gasteiger partial charge in [-0.1, -0.05) is 29.4 Å². The number of hydrogen-bond donors (Lipinski definition) is 2. The van der Waals surface area contributed by atoms with Crippen LogP contribution in [0.25, 0.3) is 0 Å². The number of hydrazine groups is 1. The highest BCUT2D eigenvalue weighted by molar-refractivity contribution is 7.90. The molecule has 9 nitrogen and oxygen atoms in total. The molecule has 2 aliphatic rings. The second kappa shape index (κ2) is 6.82. The maximum Gasteiger partial charge on any atom is 0.286 e. The van der Waals surface area contributed by atoms with E-state index >= 15 is 0 Å². The highest BCUT2D eigenvalue weighted by Gasteiger charge is 2.43. The molecule has 1 atom stereocenters. The first-order valence-corrected chi connectivity index (χ1v) is 9.91. The summed E-state index contributed by atoms with van der Waals surface area (Å²) in [4.78, 5) is 23.9. The van der Waals surface area contributed by atoms with Gasteiger partial charge in [0.2, 0.25) is 0 Å². The molecule has 0 saturated carbocycles. The Hall–Kier alpha value is -3.08. The molecule has 2 aromatic carbocycles. The molecule has 0 bridgehead atoms. The molecule has 4 rings (SSSR count). The van der Waals surface area contributed by atoms with Gasteiger partial charge in [-0.15, -0.1) is 4.40 Å². The van der Waals surface area contributed by atoms with Crippen molar-refractivity contribution in [1.82, 2.24) is 5.17 Å². The van der Waals surface area contributed by atoms with E-state index in [4.69, 9.17) is 0 Å². The molecule has 144 valence electrons. The maximum atomic E-state index is 13.1. The van der Waals surface area contributed by atoms with Crippen molar-refractivity contribution in [2.45, 2.75) is 17.4 Å². The number of ketones is 1. The molecule has 10 heteroatoms. The van der Waals surface area contributed by atoms with Gasteiger partial charge < -0.3 is 10.1 Å². The Bertz CT molecular complexity index is 1100. The number of amidine groups is 1. The second-order valence-electron chi connectivity index (χ2n) is 6.26. The van der Waals surface area contributed by atoms with Crippen LogP contribution in [0, 0.1) is 0 Å².